The van der Waals surface area contributed by atoms with Crippen LogP contribution < -0.4 is 4.74 Å². The number of ether oxygens (including phenoxy) is 1. The molecule has 0 fully saturated rings. The second-order valence-corrected chi connectivity index (χ2v) is 4.94. The summed E-state index contributed by atoms with van der Waals surface area (Å²) in [6.07, 6.45) is 0.320. The first-order chi connectivity index (χ1) is 10.1. The van der Waals surface area contributed by atoms with Gasteiger partial charge in [-0.25, -0.2) is 0 Å². The molecule has 2 aromatic carbocycles. The molecule has 110 valence electrons. The van der Waals surface area contributed by atoms with E-state index >= 15 is 0 Å². The monoisotopic (exact) mass is 285 g/mol. The number of aromatic hydroxyl groups is 1. The zero-order chi connectivity index (χ0) is 15.2. The van der Waals surface area contributed by atoms with Crippen LogP contribution in [-0.2, 0) is 17.8 Å². The van der Waals surface area contributed by atoms with Crippen molar-refractivity contribution < 1.29 is 14.6 Å². The van der Waals surface area contributed by atoms with Gasteiger partial charge in [-0.2, -0.15) is 0 Å². The summed E-state index contributed by atoms with van der Waals surface area (Å²) in [5.41, 5.74) is 1.91. The Bertz CT molecular complexity index is 608. The largest absolute Gasteiger partial charge is 0.508 e. The predicted molar refractivity (Wildman–Crippen MR) is 81.3 cm³/mol. The molecule has 0 bridgehead atoms. The number of nitrogens with zero attached hydrogens (tertiary/aromatic N) is 1. The first-order valence-electron chi connectivity index (χ1n) is 6.73. The van der Waals surface area contributed by atoms with Crippen LogP contribution in [0.4, 0.5) is 0 Å². The molecule has 0 aromatic heterocycles. The molecule has 0 saturated carbocycles. The molecule has 2 rings (SSSR count). The van der Waals surface area contributed by atoms with E-state index in [1.165, 1.54) is 0 Å². The number of likely N-dealkylation sites (N-methyl/N-ethyl adjacent to an activating group) is 1. The fourth-order valence-corrected chi connectivity index (χ4v) is 2.06. The quantitative estimate of drug-likeness (QED) is 0.918. The highest BCUT2D eigenvalue weighted by atomic mass is 16.5. The number of phenolic OH excluding ortho intramolecular Hbond substituents is 1. The van der Waals surface area contributed by atoms with Gasteiger partial charge in [-0.3, -0.25) is 4.79 Å². The molecule has 21 heavy (non-hydrogen) atoms. The molecule has 0 radical (unpaired) electrons. The van der Waals surface area contributed by atoms with Crippen molar-refractivity contribution in [3.05, 3.63) is 59.7 Å². The molecular formula is C17H19NO3. The van der Waals surface area contributed by atoms with Crippen LogP contribution in [0.3, 0.4) is 0 Å². The lowest BCUT2D eigenvalue weighted by molar-refractivity contribution is -0.129. The maximum Gasteiger partial charge on any atom is 0.227 e. The lowest BCUT2D eigenvalue weighted by Crippen LogP contribution is -2.27. The van der Waals surface area contributed by atoms with Crippen LogP contribution in [0.25, 0.3) is 0 Å². The van der Waals surface area contributed by atoms with E-state index in [1.54, 1.807) is 43.3 Å². The van der Waals surface area contributed by atoms with Crippen LogP contribution in [-0.4, -0.2) is 30.1 Å². The number of amides is 1. The van der Waals surface area contributed by atoms with E-state index in [9.17, 15) is 9.90 Å². The van der Waals surface area contributed by atoms with Gasteiger partial charge in [-0.05, 0) is 35.4 Å². The zero-order valence-corrected chi connectivity index (χ0v) is 12.2. The Balaban J connectivity index is 1.97. The minimum absolute atomic E-state index is 0.0310. The van der Waals surface area contributed by atoms with E-state index in [0.29, 0.717) is 13.0 Å². The molecule has 0 saturated heterocycles. The van der Waals surface area contributed by atoms with E-state index in [-0.39, 0.29) is 11.7 Å². The van der Waals surface area contributed by atoms with E-state index in [4.69, 9.17) is 4.74 Å². The predicted octanol–water partition coefficient (Wildman–Crippen LogP) is 2.60. The topological polar surface area (TPSA) is 49.8 Å². The maximum absolute atomic E-state index is 12.2. The smallest absolute Gasteiger partial charge is 0.227 e. The van der Waals surface area contributed by atoms with Crippen LogP contribution in [0.1, 0.15) is 11.1 Å². The Morgan fingerprint density at radius 3 is 2.52 bits per heavy atom. The minimum Gasteiger partial charge on any atom is -0.508 e. The van der Waals surface area contributed by atoms with Crippen molar-refractivity contribution in [3.8, 4) is 11.5 Å². The number of phenols is 1. The lowest BCUT2D eigenvalue weighted by atomic mass is 10.1. The van der Waals surface area contributed by atoms with E-state index in [0.717, 1.165) is 16.9 Å². The number of carbonyl (C=O) groups excluding carboxylic acids is 1. The SMILES string of the molecule is COc1cccc(CN(C)C(=O)Cc2ccc(O)cc2)c1. The highest BCUT2D eigenvalue weighted by molar-refractivity contribution is 5.78. The van der Waals surface area contributed by atoms with E-state index in [2.05, 4.69) is 0 Å². The Kier molecular flexibility index (Phi) is 4.82. The molecule has 0 aliphatic heterocycles. The Morgan fingerprint density at radius 2 is 1.86 bits per heavy atom. The lowest BCUT2D eigenvalue weighted by Gasteiger charge is -2.17. The van der Waals surface area contributed by atoms with Crippen molar-refractivity contribution >= 4 is 5.91 Å². The molecule has 0 aliphatic carbocycles. The van der Waals surface area contributed by atoms with Gasteiger partial charge in [0.1, 0.15) is 11.5 Å². The molecule has 0 heterocycles. The van der Waals surface area contributed by atoms with Gasteiger partial charge < -0.3 is 14.7 Å². The summed E-state index contributed by atoms with van der Waals surface area (Å²) in [7, 11) is 3.40. The van der Waals surface area contributed by atoms with Crippen LogP contribution in [0.2, 0.25) is 0 Å². The fraction of sp³-hybridized carbons (Fsp3) is 0.235. The summed E-state index contributed by atoms with van der Waals surface area (Å²) in [4.78, 5) is 13.9. The minimum atomic E-state index is 0.0310. The summed E-state index contributed by atoms with van der Waals surface area (Å²) >= 11 is 0. The van der Waals surface area contributed by atoms with Crippen LogP contribution in [0, 0.1) is 0 Å². The highest BCUT2D eigenvalue weighted by Gasteiger charge is 2.10. The zero-order valence-electron chi connectivity index (χ0n) is 12.2. The Hall–Kier alpha value is -2.49. The van der Waals surface area contributed by atoms with Gasteiger partial charge >= 0.3 is 0 Å². The summed E-state index contributed by atoms with van der Waals surface area (Å²) in [6.45, 7) is 0.536. The highest BCUT2D eigenvalue weighted by Crippen LogP contribution is 2.15. The van der Waals surface area contributed by atoms with Gasteiger partial charge in [-0.1, -0.05) is 24.3 Å². The summed E-state index contributed by atoms with van der Waals surface area (Å²) in [5.74, 6) is 1.02. The molecule has 0 atom stereocenters. The van der Waals surface area contributed by atoms with Gasteiger partial charge in [0.2, 0.25) is 5.91 Å². The number of rotatable bonds is 5. The van der Waals surface area contributed by atoms with Crippen molar-refractivity contribution in [1.82, 2.24) is 4.90 Å². The molecule has 1 amide bonds. The van der Waals surface area contributed by atoms with Crippen LogP contribution in [0.5, 0.6) is 11.5 Å². The molecule has 0 aliphatic rings. The van der Waals surface area contributed by atoms with Crippen molar-refractivity contribution in [1.29, 1.82) is 0 Å². The molecule has 2 aromatic rings. The number of hydrogen-bond acceptors (Lipinski definition) is 3. The molecule has 4 nitrogen and oxygen atoms in total. The van der Waals surface area contributed by atoms with Gasteiger partial charge in [0, 0.05) is 13.6 Å². The summed E-state index contributed by atoms with van der Waals surface area (Å²) in [5, 5.41) is 9.24. The van der Waals surface area contributed by atoms with Gasteiger partial charge in [-0.15, -0.1) is 0 Å². The summed E-state index contributed by atoms with van der Waals surface area (Å²) < 4.78 is 5.18. The maximum atomic E-state index is 12.2. The van der Waals surface area contributed by atoms with Crippen molar-refractivity contribution in [2.24, 2.45) is 0 Å². The number of hydrogen-bond donors (Lipinski definition) is 1. The second-order valence-electron chi connectivity index (χ2n) is 4.94. The number of carbonyl (C=O) groups is 1. The Labute approximate surface area is 124 Å². The van der Waals surface area contributed by atoms with Crippen molar-refractivity contribution in [2.45, 2.75) is 13.0 Å². The average molecular weight is 285 g/mol. The van der Waals surface area contributed by atoms with Crippen molar-refractivity contribution in [2.75, 3.05) is 14.2 Å². The molecule has 0 spiro atoms. The normalized spacial score (nSPS) is 10.2. The van der Waals surface area contributed by atoms with E-state index < -0.39 is 0 Å². The first kappa shape index (κ1) is 14.9. The molecule has 0 unspecified atom stereocenters. The standard InChI is InChI=1S/C17H19NO3/c1-18(12-14-4-3-5-16(10-14)21-2)17(20)11-13-6-8-15(19)9-7-13/h3-10,19H,11-12H2,1-2H3. The number of benzene rings is 2. The third-order valence-corrected chi connectivity index (χ3v) is 3.27. The number of methoxy groups -OCH3 is 1. The van der Waals surface area contributed by atoms with Gasteiger partial charge in [0.05, 0.1) is 13.5 Å². The fourth-order valence-electron chi connectivity index (χ4n) is 2.06. The average Bonchev–Trinajstić information content (AvgIpc) is 2.49. The molecule has 4 heteroatoms. The van der Waals surface area contributed by atoms with Crippen LogP contribution >= 0.6 is 0 Å². The van der Waals surface area contributed by atoms with Gasteiger partial charge in [0.25, 0.3) is 0 Å². The van der Waals surface area contributed by atoms with E-state index in [1.807, 2.05) is 24.3 Å². The second kappa shape index (κ2) is 6.79. The Morgan fingerprint density at radius 1 is 1.14 bits per heavy atom. The third kappa shape index (κ3) is 4.24. The third-order valence-electron chi connectivity index (χ3n) is 3.27. The van der Waals surface area contributed by atoms with Crippen molar-refractivity contribution in [3.63, 3.8) is 0 Å². The molecule has 1 N–H and O–H groups in total. The molecular weight excluding hydrogens is 266 g/mol. The first-order valence-corrected chi connectivity index (χ1v) is 6.73. The summed E-state index contributed by atoms with van der Waals surface area (Å²) in [6, 6.07) is 14.4. The van der Waals surface area contributed by atoms with Crippen LogP contribution in [0.15, 0.2) is 48.5 Å². The van der Waals surface area contributed by atoms with Gasteiger partial charge in [0.15, 0.2) is 0 Å².